The summed E-state index contributed by atoms with van der Waals surface area (Å²) in [7, 11) is 0. The van der Waals surface area contributed by atoms with Crippen LogP contribution in [0.2, 0.25) is 0 Å². The fourth-order valence-electron chi connectivity index (χ4n) is 1.78. The maximum absolute atomic E-state index is 11.6. The summed E-state index contributed by atoms with van der Waals surface area (Å²) in [6, 6.07) is 7.94. The first kappa shape index (κ1) is 15.8. The molecular weight excluding hydrogens is 264 g/mol. The molecule has 1 fully saturated rings. The van der Waals surface area contributed by atoms with Crippen molar-refractivity contribution in [1.29, 1.82) is 0 Å². The number of amides is 1. The van der Waals surface area contributed by atoms with Crippen molar-refractivity contribution in [2.24, 2.45) is 0 Å². The molecule has 0 spiro atoms. The Hall–Kier alpha value is -1.26. The lowest BCUT2D eigenvalue weighted by atomic mass is 9.94. The van der Waals surface area contributed by atoms with E-state index in [4.69, 9.17) is 4.74 Å². The Morgan fingerprint density at radius 2 is 1.84 bits per heavy atom. The molecule has 1 heterocycles. The fraction of sp³-hybridized carbons (Fsp3) is 0.500. The molecule has 0 atom stereocenters. The van der Waals surface area contributed by atoms with Gasteiger partial charge in [-0.25, -0.2) is 4.79 Å². The van der Waals surface area contributed by atoms with Crippen LogP contribution in [0.4, 0.5) is 10.5 Å². The van der Waals surface area contributed by atoms with Crippen LogP contribution in [0.3, 0.4) is 0 Å². The van der Waals surface area contributed by atoms with Gasteiger partial charge in [-0.3, -0.25) is 5.32 Å². The monoisotopic (exact) mass is 284 g/mol. The van der Waals surface area contributed by atoms with Gasteiger partial charge in [0.2, 0.25) is 0 Å². The molecule has 0 saturated carbocycles. The molecule has 1 aliphatic heterocycles. The molecule has 1 amide bonds. The van der Waals surface area contributed by atoms with Gasteiger partial charge in [0.15, 0.2) is 0 Å². The second-order valence-electron chi connectivity index (χ2n) is 5.60. The van der Waals surface area contributed by atoms with E-state index in [0.29, 0.717) is 5.92 Å². The van der Waals surface area contributed by atoms with Crippen LogP contribution < -0.4 is 10.6 Å². The molecule has 1 saturated heterocycles. The van der Waals surface area contributed by atoms with Crippen molar-refractivity contribution in [3.63, 3.8) is 0 Å². The number of halogens is 1. The number of carbonyl (C=O) groups is 1. The minimum atomic E-state index is -0.471. The van der Waals surface area contributed by atoms with E-state index in [1.54, 1.807) is 0 Å². The number of hydrogen-bond acceptors (Lipinski definition) is 3. The van der Waals surface area contributed by atoms with Gasteiger partial charge in [0, 0.05) is 24.7 Å². The van der Waals surface area contributed by atoms with Crippen LogP contribution in [0.5, 0.6) is 0 Å². The zero-order chi connectivity index (χ0) is 13.2. The summed E-state index contributed by atoms with van der Waals surface area (Å²) in [6.45, 7) is 7.62. The van der Waals surface area contributed by atoms with Gasteiger partial charge in [0.05, 0.1) is 0 Å². The number of benzene rings is 1. The Morgan fingerprint density at radius 3 is 2.26 bits per heavy atom. The van der Waals surface area contributed by atoms with Crippen LogP contribution in [0.15, 0.2) is 24.3 Å². The standard InChI is InChI=1S/C14H20N2O2.ClH/c1-14(2,3)18-13(17)16-12-6-4-10(5-7-12)11-8-15-9-11;/h4-7,11,15H,8-9H2,1-3H3,(H,16,17);1H. The predicted octanol–water partition coefficient (Wildman–Crippen LogP) is 3.14. The maximum Gasteiger partial charge on any atom is 0.412 e. The van der Waals surface area contributed by atoms with E-state index in [-0.39, 0.29) is 12.4 Å². The summed E-state index contributed by atoms with van der Waals surface area (Å²) >= 11 is 0. The zero-order valence-electron chi connectivity index (χ0n) is 11.5. The van der Waals surface area contributed by atoms with E-state index in [9.17, 15) is 4.79 Å². The third kappa shape index (κ3) is 4.73. The van der Waals surface area contributed by atoms with Crippen molar-refractivity contribution < 1.29 is 9.53 Å². The van der Waals surface area contributed by atoms with Crippen LogP contribution in [0, 0.1) is 0 Å². The van der Waals surface area contributed by atoms with E-state index in [0.717, 1.165) is 18.8 Å². The summed E-state index contributed by atoms with van der Waals surface area (Å²) in [5, 5.41) is 5.97. The summed E-state index contributed by atoms with van der Waals surface area (Å²) in [5.41, 5.74) is 1.60. The number of nitrogens with one attached hydrogen (secondary N) is 2. The van der Waals surface area contributed by atoms with E-state index < -0.39 is 11.7 Å². The average Bonchev–Trinajstić information content (AvgIpc) is 2.15. The zero-order valence-corrected chi connectivity index (χ0v) is 12.3. The Balaban J connectivity index is 0.00000180. The van der Waals surface area contributed by atoms with Gasteiger partial charge in [-0.2, -0.15) is 0 Å². The molecular formula is C14H21ClN2O2. The van der Waals surface area contributed by atoms with Crippen LogP contribution >= 0.6 is 12.4 Å². The first-order valence-corrected chi connectivity index (χ1v) is 6.25. The second-order valence-corrected chi connectivity index (χ2v) is 5.60. The molecule has 106 valence electrons. The van der Waals surface area contributed by atoms with Gasteiger partial charge < -0.3 is 10.1 Å². The minimum absolute atomic E-state index is 0. The lowest BCUT2D eigenvalue weighted by molar-refractivity contribution is 0.0636. The Bertz CT molecular complexity index is 422. The number of anilines is 1. The van der Waals surface area contributed by atoms with Crippen molar-refractivity contribution in [2.75, 3.05) is 18.4 Å². The Kier molecular flexibility index (Phi) is 5.20. The quantitative estimate of drug-likeness (QED) is 0.877. The molecule has 0 unspecified atom stereocenters. The summed E-state index contributed by atoms with van der Waals surface area (Å²) in [5.74, 6) is 0.612. The van der Waals surface area contributed by atoms with Crippen molar-refractivity contribution in [3.05, 3.63) is 29.8 Å². The molecule has 0 bridgehead atoms. The van der Waals surface area contributed by atoms with E-state index in [1.807, 2.05) is 32.9 Å². The lowest BCUT2D eigenvalue weighted by Gasteiger charge is -2.27. The third-order valence-electron chi connectivity index (χ3n) is 2.81. The fourth-order valence-corrected chi connectivity index (χ4v) is 1.78. The molecule has 1 aliphatic rings. The maximum atomic E-state index is 11.6. The van der Waals surface area contributed by atoms with Gasteiger partial charge in [-0.1, -0.05) is 12.1 Å². The second kappa shape index (κ2) is 6.26. The molecule has 2 N–H and O–H groups in total. The third-order valence-corrected chi connectivity index (χ3v) is 2.81. The van der Waals surface area contributed by atoms with E-state index in [2.05, 4.69) is 22.8 Å². The largest absolute Gasteiger partial charge is 0.444 e. The van der Waals surface area contributed by atoms with Crippen molar-refractivity contribution in [1.82, 2.24) is 5.32 Å². The minimum Gasteiger partial charge on any atom is -0.444 e. The number of hydrogen-bond donors (Lipinski definition) is 2. The highest BCUT2D eigenvalue weighted by molar-refractivity contribution is 5.85. The summed E-state index contributed by atoms with van der Waals surface area (Å²) in [4.78, 5) is 11.6. The SMILES string of the molecule is CC(C)(C)OC(=O)Nc1ccc(C2CNC2)cc1.Cl. The van der Waals surface area contributed by atoms with Crippen LogP contribution in [-0.2, 0) is 4.74 Å². The van der Waals surface area contributed by atoms with Gasteiger partial charge in [-0.15, -0.1) is 12.4 Å². The van der Waals surface area contributed by atoms with Crippen molar-refractivity contribution in [3.8, 4) is 0 Å². The van der Waals surface area contributed by atoms with E-state index in [1.165, 1.54) is 5.56 Å². The van der Waals surface area contributed by atoms with Gasteiger partial charge >= 0.3 is 6.09 Å². The van der Waals surface area contributed by atoms with Gasteiger partial charge in [0.1, 0.15) is 5.60 Å². The lowest BCUT2D eigenvalue weighted by Crippen LogP contribution is -2.39. The van der Waals surface area contributed by atoms with Crippen LogP contribution in [0.25, 0.3) is 0 Å². The van der Waals surface area contributed by atoms with Crippen molar-refractivity contribution >= 4 is 24.2 Å². The number of rotatable bonds is 2. The highest BCUT2D eigenvalue weighted by Crippen LogP contribution is 2.21. The first-order chi connectivity index (χ1) is 8.44. The summed E-state index contributed by atoms with van der Waals surface area (Å²) < 4.78 is 5.19. The molecule has 5 heteroatoms. The first-order valence-electron chi connectivity index (χ1n) is 6.25. The van der Waals surface area contributed by atoms with E-state index >= 15 is 0 Å². The average molecular weight is 285 g/mol. The van der Waals surface area contributed by atoms with Gasteiger partial charge in [0.25, 0.3) is 0 Å². The highest BCUT2D eigenvalue weighted by atomic mass is 35.5. The molecule has 2 rings (SSSR count). The Labute approximate surface area is 120 Å². The molecule has 1 aromatic rings. The predicted molar refractivity (Wildman–Crippen MR) is 79.2 cm³/mol. The molecule has 0 aliphatic carbocycles. The van der Waals surface area contributed by atoms with Gasteiger partial charge in [-0.05, 0) is 38.5 Å². The molecule has 0 aromatic heterocycles. The molecule has 1 aromatic carbocycles. The molecule has 4 nitrogen and oxygen atoms in total. The topological polar surface area (TPSA) is 50.4 Å². The summed E-state index contributed by atoms with van der Waals surface area (Å²) in [6.07, 6.45) is -0.416. The van der Waals surface area contributed by atoms with Crippen molar-refractivity contribution in [2.45, 2.75) is 32.3 Å². The van der Waals surface area contributed by atoms with Crippen LogP contribution in [0.1, 0.15) is 32.3 Å². The smallest absolute Gasteiger partial charge is 0.412 e. The highest BCUT2D eigenvalue weighted by Gasteiger charge is 2.19. The number of ether oxygens (including phenoxy) is 1. The number of carbonyl (C=O) groups excluding carboxylic acids is 1. The Morgan fingerprint density at radius 1 is 1.26 bits per heavy atom. The molecule has 19 heavy (non-hydrogen) atoms. The molecule has 0 radical (unpaired) electrons. The normalized spacial score (nSPS) is 15.1. The van der Waals surface area contributed by atoms with Crippen LogP contribution in [-0.4, -0.2) is 24.8 Å².